The molecule has 0 fully saturated rings. The Morgan fingerprint density at radius 3 is 2.50 bits per heavy atom. The highest BCUT2D eigenvalue weighted by Gasteiger charge is 2.17. The van der Waals surface area contributed by atoms with E-state index in [1.807, 2.05) is 0 Å². The van der Waals surface area contributed by atoms with Crippen LogP contribution in [0.15, 0.2) is 24.3 Å². The Labute approximate surface area is 110 Å². The summed E-state index contributed by atoms with van der Waals surface area (Å²) in [6.45, 7) is 0. The van der Waals surface area contributed by atoms with Gasteiger partial charge >= 0.3 is 0 Å². The van der Waals surface area contributed by atoms with Crippen molar-refractivity contribution in [2.75, 3.05) is 11.2 Å². The standard InChI is InChI=1S/C12H13ClN2O3/c13-7-11(17)15-9-3-1-8(2-4-9)12(18)10(16)5-6-14/h1-4,10,12,16,18H,5,7H2,(H,15,17). The molecule has 0 bridgehead atoms. The second-order valence-corrected chi connectivity index (χ2v) is 3.95. The van der Waals surface area contributed by atoms with Gasteiger partial charge in [-0.15, -0.1) is 11.6 Å². The minimum Gasteiger partial charge on any atom is -0.389 e. The Morgan fingerprint density at radius 2 is 2.00 bits per heavy atom. The number of aliphatic hydroxyl groups is 2. The lowest BCUT2D eigenvalue weighted by Crippen LogP contribution is -2.17. The zero-order chi connectivity index (χ0) is 13.5. The highest BCUT2D eigenvalue weighted by molar-refractivity contribution is 6.29. The maximum Gasteiger partial charge on any atom is 0.239 e. The molecule has 0 heterocycles. The number of aliphatic hydroxyl groups excluding tert-OH is 2. The molecule has 0 aliphatic carbocycles. The molecule has 1 aromatic rings. The lowest BCUT2D eigenvalue weighted by molar-refractivity contribution is -0.113. The van der Waals surface area contributed by atoms with Crippen LogP contribution in [-0.4, -0.2) is 28.1 Å². The van der Waals surface area contributed by atoms with E-state index in [2.05, 4.69) is 5.32 Å². The largest absolute Gasteiger partial charge is 0.389 e. The van der Waals surface area contributed by atoms with Crippen LogP contribution in [-0.2, 0) is 4.79 Å². The van der Waals surface area contributed by atoms with Crippen LogP contribution in [0.2, 0.25) is 0 Å². The van der Waals surface area contributed by atoms with E-state index in [1.54, 1.807) is 30.3 Å². The Bertz CT molecular complexity index is 442. The summed E-state index contributed by atoms with van der Waals surface area (Å²) in [4.78, 5) is 11.0. The molecule has 1 rings (SSSR count). The van der Waals surface area contributed by atoms with Gasteiger partial charge in [-0.05, 0) is 17.7 Å². The summed E-state index contributed by atoms with van der Waals surface area (Å²) in [5, 5.41) is 30.2. The van der Waals surface area contributed by atoms with Crippen molar-refractivity contribution in [2.24, 2.45) is 0 Å². The van der Waals surface area contributed by atoms with Crippen molar-refractivity contribution in [3.05, 3.63) is 29.8 Å². The smallest absolute Gasteiger partial charge is 0.239 e. The van der Waals surface area contributed by atoms with Gasteiger partial charge in [0.15, 0.2) is 0 Å². The fraction of sp³-hybridized carbons (Fsp3) is 0.333. The first-order valence-electron chi connectivity index (χ1n) is 5.27. The predicted molar refractivity (Wildman–Crippen MR) is 67.0 cm³/mol. The molecule has 1 aromatic carbocycles. The molecule has 2 unspecified atom stereocenters. The van der Waals surface area contributed by atoms with E-state index < -0.39 is 12.2 Å². The molecule has 18 heavy (non-hydrogen) atoms. The van der Waals surface area contributed by atoms with Crippen LogP contribution in [0.4, 0.5) is 5.69 Å². The van der Waals surface area contributed by atoms with Crippen LogP contribution in [0.3, 0.4) is 0 Å². The molecule has 5 nitrogen and oxygen atoms in total. The molecular weight excluding hydrogens is 256 g/mol. The predicted octanol–water partition coefficient (Wildman–Crippen LogP) is 1.17. The summed E-state index contributed by atoms with van der Waals surface area (Å²) in [5.41, 5.74) is 1.02. The third-order valence-corrected chi connectivity index (χ3v) is 2.56. The SMILES string of the molecule is N#CCC(O)C(O)c1ccc(NC(=O)CCl)cc1. The first-order valence-corrected chi connectivity index (χ1v) is 5.80. The van der Waals surface area contributed by atoms with Crippen LogP contribution in [0, 0.1) is 11.3 Å². The van der Waals surface area contributed by atoms with Crippen molar-refractivity contribution in [1.82, 2.24) is 0 Å². The van der Waals surface area contributed by atoms with E-state index >= 15 is 0 Å². The summed E-state index contributed by atoms with van der Waals surface area (Å²) in [7, 11) is 0. The second-order valence-electron chi connectivity index (χ2n) is 3.68. The van der Waals surface area contributed by atoms with Gasteiger partial charge in [0, 0.05) is 5.69 Å². The van der Waals surface area contributed by atoms with Gasteiger partial charge in [-0.25, -0.2) is 0 Å². The molecule has 0 saturated heterocycles. The number of halogens is 1. The number of nitriles is 1. The van der Waals surface area contributed by atoms with E-state index in [0.29, 0.717) is 11.3 Å². The van der Waals surface area contributed by atoms with Crippen molar-refractivity contribution in [1.29, 1.82) is 5.26 Å². The third kappa shape index (κ3) is 4.00. The number of rotatable bonds is 5. The Morgan fingerprint density at radius 1 is 1.39 bits per heavy atom. The first kappa shape index (κ1) is 14.5. The molecule has 0 aliphatic rings. The zero-order valence-electron chi connectivity index (χ0n) is 9.51. The molecule has 2 atom stereocenters. The number of nitrogens with zero attached hydrogens (tertiary/aromatic N) is 1. The van der Waals surface area contributed by atoms with Gasteiger partial charge in [0.05, 0.1) is 18.6 Å². The van der Waals surface area contributed by atoms with Crippen molar-refractivity contribution >= 4 is 23.2 Å². The Balaban J connectivity index is 2.70. The Hall–Kier alpha value is -1.61. The molecule has 0 aliphatic heterocycles. The van der Waals surface area contributed by atoms with Crippen molar-refractivity contribution in [2.45, 2.75) is 18.6 Å². The van der Waals surface area contributed by atoms with Gasteiger partial charge in [0.1, 0.15) is 12.0 Å². The fourth-order valence-corrected chi connectivity index (χ4v) is 1.45. The molecule has 0 radical (unpaired) electrons. The van der Waals surface area contributed by atoms with Crippen LogP contribution >= 0.6 is 11.6 Å². The number of benzene rings is 1. The molecule has 6 heteroatoms. The lowest BCUT2D eigenvalue weighted by atomic mass is 10.0. The van der Waals surface area contributed by atoms with Crippen molar-refractivity contribution in [3.63, 3.8) is 0 Å². The summed E-state index contributed by atoms with van der Waals surface area (Å²) in [6, 6.07) is 8.08. The average molecular weight is 269 g/mol. The summed E-state index contributed by atoms with van der Waals surface area (Å²) in [5.74, 6) is -0.458. The topological polar surface area (TPSA) is 93.3 Å². The number of amides is 1. The quantitative estimate of drug-likeness (QED) is 0.699. The van der Waals surface area contributed by atoms with E-state index in [9.17, 15) is 15.0 Å². The van der Waals surface area contributed by atoms with Crippen LogP contribution in [0.1, 0.15) is 18.1 Å². The third-order valence-electron chi connectivity index (χ3n) is 2.32. The van der Waals surface area contributed by atoms with Gasteiger partial charge in [-0.2, -0.15) is 5.26 Å². The Kier molecular flexibility index (Phi) is 5.59. The van der Waals surface area contributed by atoms with Crippen molar-refractivity contribution in [3.8, 4) is 6.07 Å². The first-order chi connectivity index (χ1) is 8.58. The van der Waals surface area contributed by atoms with Crippen LogP contribution < -0.4 is 5.32 Å². The van der Waals surface area contributed by atoms with E-state index in [0.717, 1.165) is 0 Å². The number of anilines is 1. The van der Waals surface area contributed by atoms with Gasteiger partial charge < -0.3 is 15.5 Å². The summed E-state index contributed by atoms with van der Waals surface area (Å²) >= 11 is 5.34. The minimum atomic E-state index is -1.13. The number of hydrogen-bond acceptors (Lipinski definition) is 4. The summed E-state index contributed by atoms with van der Waals surface area (Å²) < 4.78 is 0. The molecule has 0 saturated carbocycles. The lowest BCUT2D eigenvalue weighted by Gasteiger charge is -2.15. The van der Waals surface area contributed by atoms with Gasteiger partial charge in [0.25, 0.3) is 0 Å². The molecule has 0 aromatic heterocycles. The number of carbonyl (C=O) groups excluding carboxylic acids is 1. The van der Waals surface area contributed by atoms with E-state index in [1.165, 1.54) is 0 Å². The van der Waals surface area contributed by atoms with Crippen molar-refractivity contribution < 1.29 is 15.0 Å². The number of alkyl halides is 1. The highest BCUT2D eigenvalue weighted by Crippen LogP contribution is 2.20. The van der Waals surface area contributed by atoms with Crippen LogP contribution in [0.25, 0.3) is 0 Å². The minimum absolute atomic E-state index is 0.134. The van der Waals surface area contributed by atoms with Gasteiger partial charge in [-0.3, -0.25) is 4.79 Å². The fourth-order valence-electron chi connectivity index (χ4n) is 1.39. The maximum absolute atomic E-state index is 11.0. The second kappa shape index (κ2) is 6.97. The number of nitrogens with one attached hydrogen (secondary N) is 1. The maximum atomic E-state index is 11.0. The van der Waals surface area contributed by atoms with E-state index in [-0.39, 0.29) is 18.2 Å². The molecule has 3 N–H and O–H groups in total. The summed E-state index contributed by atoms with van der Waals surface area (Å²) in [6.07, 6.45) is -2.40. The van der Waals surface area contributed by atoms with Crippen LogP contribution in [0.5, 0.6) is 0 Å². The monoisotopic (exact) mass is 268 g/mol. The zero-order valence-corrected chi connectivity index (χ0v) is 10.3. The molecule has 1 amide bonds. The average Bonchev–Trinajstić information content (AvgIpc) is 2.39. The normalized spacial score (nSPS) is 13.4. The molecular formula is C12H13ClN2O3. The highest BCUT2D eigenvalue weighted by atomic mass is 35.5. The van der Waals surface area contributed by atoms with Gasteiger partial charge in [0.2, 0.25) is 5.91 Å². The van der Waals surface area contributed by atoms with Gasteiger partial charge in [-0.1, -0.05) is 12.1 Å². The number of carbonyl (C=O) groups is 1. The molecule has 0 spiro atoms. The van der Waals surface area contributed by atoms with E-state index in [4.69, 9.17) is 16.9 Å². The number of hydrogen-bond donors (Lipinski definition) is 3. The molecule has 96 valence electrons.